The van der Waals surface area contributed by atoms with Crippen molar-refractivity contribution in [1.82, 2.24) is 0 Å². The first-order valence-electron chi connectivity index (χ1n) is 5.50. The maximum absolute atomic E-state index is 11.5. The monoisotopic (exact) mass is 260 g/mol. The minimum Gasteiger partial charge on any atom is -0.505 e. The average molecular weight is 260 g/mol. The lowest BCUT2D eigenvalue weighted by atomic mass is 10.3. The smallest absolute Gasteiger partial charge is 0.367 e. The van der Waals surface area contributed by atoms with Gasteiger partial charge in [0.15, 0.2) is 5.75 Å². The lowest BCUT2D eigenvalue weighted by molar-refractivity contribution is 0.415. The Morgan fingerprint density at radius 3 is 2.68 bits per heavy atom. The van der Waals surface area contributed by atoms with E-state index < -0.39 is 5.63 Å². The number of ether oxygens (including phenoxy) is 1. The standard InChI is InChI=1S/C13H12N2O4/c1-8-7-10(16)12(13(17)19-8)15-14-9-5-3-4-6-11(9)18-2/h3-7,16H,1-2H3. The summed E-state index contributed by atoms with van der Waals surface area (Å²) in [6.07, 6.45) is 0. The third-order valence-corrected chi connectivity index (χ3v) is 2.37. The molecule has 0 amide bonds. The van der Waals surface area contributed by atoms with Crippen LogP contribution in [-0.4, -0.2) is 12.2 Å². The van der Waals surface area contributed by atoms with Crippen LogP contribution in [0.4, 0.5) is 11.4 Å². The van der Waals surface area contributed by atoms with Crippen molar-refractivity contribution >= 4 is 11.4 Å². The van der Waals surface area contributed by atoms with Gasteiger partial charge in [0.05, 0.1) is 7.11 Å². The zero-order chi connectivity index (χ0) is 13.8. The first-order valence-corrected chi connectivity index (χ1v) is 5.50. The third-order valence-electron chi connectivity index (χ3n) is 2.37. The van der Waals surface area contributed by atoms with Crippen molar-refractivity contribution in [2.75, 3.05) is 7.11 Å². The van der Waals surface area contributed by atoms with Crippen LogP contribution in [0.2, 0.25) is 0 Å². The maximum Gasteiger partial charge on any atom is 0.367 e. The van der Waals surface area contributed by atoms with Gasteiger partial charge in [0.25, 0.3) is 0 Å². The van der Waals surface area contributed by atoms with Crippen molar-refractivity contribution in [2.45, 2.75) is 6.92 Å². The van der Waals surface area contributed by atoms with E-state index in [1.807, 2.05) is 0 Å². The van der Waals surface area contributed by atoms with Gasteiger partial charge in [-0.3, -0.25) is 0 Å². The third kappa shape index (κ3) is 2.79. The van der Waals surface area contributed by atoms with E-state index in [9.17, 15) is 9.90 Å². The molecule has 2 rings (SSSR count). The molecule has 0 radical (unpaired) electrons. The van der Waals surface area contributed by atoms with Crippen LogP contribution >= 0.6 is 0 Å². The van der Waals surface area contributed by atoms with E-state index in [4.69, 9.17) is 9.15 Å². The van der Waals surface area contributed by atoms with Gasteiger partial charge < -0.3 is 14.3 Å². The van der Waals surface area contributed by atoms with Crippen LogP contribution in [0.1, 0.15) is 5.76 Å². The summed E-state index contributed by atoms with van der Waals surface area (Å²) >= 11 is 0. The minimum atomic E-state index is -0.740. The van der Waals surface area contributed by atoms with Crippen LogP contribution in [0.25, 0.3) is 0 Å². The summed E-state index contributed by atoms with van der Waals surface area (Å²) in [5.74, 6) is 0.549. The van der Waals surface area contributed by atoms with Gasteiger partial charge in [0, 0.05) is 6.07 Å². The summed E-state index contributed by atoms with van der Waals surface area (Å²) in [6.45, 7) is 1.56. The summed E-state index contributed by atoms with van der Waals surface area (Å²) in [7, 11) is 1.51. The van der Waals surface area contributed by atoms with Crippen molar-refractivity contribution < 1.29 is 14.3 Å². The SMILES string of the molecule is COc1ccccc1N=Nc1c(O)cc(C)oc1=O. The summed E-state index contributed by atoms with van der Waals surface area (Å²) in [5.41, 5.74) is -0.531. The summed E-state index contributed by atoms with van der Waals surface area (Å²) in [4.78, 5) is 11.5. The molecule has 0 aliphatic carbocycles. The molecule has 1 heterocycles. The molecule has 0 atom stereocenters. The number of methoxy groups -OCH3 is 1. The topological polar surface area (TPSA) is 84.4 Å². The average Bonchev–Trinajstić information content (AvgIpc) is 2.38. The quantitative estimate of drug-likeness (QED) is 0.859. The molecule has 2 aromatic rings. The molecule has 19 heavy (non-hydrogen) atoms. The molecular formula is C13H12N2O4. The number of azo groups is 1. The molecule has 1 aromatic heterocycles. The Morgan fingerprint density at radius 2 is 2.00 bits per heavy atom. The molecule has 1 N–H and O–H groups in total. The second kappa shape index (κ2) is 5.34. The van der Waals surface area contributed by atoms with Gasteiger partial charge in [0.2, 0.25) is 5.69 Å². The van der Waals surface area contributed by atoms with E-state index in [0.29, 0.717) is 17.2 Å². The van der Waals surface area contributed by atoms with Crippen LogP contribution in [0.15, 0.2) is 49.8 Å². The lowest BCUT2D eigenvalue weighted by Gasteiger charge is -2.02. The predicted molar refractivity (Wildman–Crippen MR) is 68.5 cm³/mol. The van der Waals surface area contributed by atoms with Crippen LogP contribution < -0.4 is 10.4 Å². The second-order valence-electron chi connectivity index (χ2n) is 3.75. The molecule has 0 bridgehead atoms. The summed E-state index contributed by atoms with van der Waals surface area (Å²) < 4.78 is 9.93. The first-order chi connectivity index (χ1) is 9.11. The Bertz CT molecular complexity index is 677. The van der Waals surface area contributed by atoms with Gasteiger partial charge in [-0.05, 0) is 19.1 Å². The minimum absolute atomic E-state index is 0.239. The molecule has 6 heteroatoms. The number of nitrogens with zero attached hydrogens (tertiary/aromatic N) is 2. The molecule has 6 nitrogen and oxygen atoms in total. The highest BCUT2D eigenvalue weighted by atomic mass is 16.5. The van der Waals surface area contributed by atoms with Gasteiger partial charge in [-0.25, -0.2) is 4.79 Å². The summed E-state index contributed by atoms with van der Waals surface area (Å²) in [6, 6.07) is 8.24. The van der Waals surface area contributed by atoms with Gasteiger partial charge in [-0.2, -0.15) is 0 Å². The number of aromatic hydroxyl groups is 1. The van der Waals surface area contributed by atoms with Gasteiger partial charge in [-0.1, -0.05) is 12.1 Å². The number of hydrogen-bond donors (Lipinski definition) is 1. The van der Waals surface area contributed by atoms with Crippen LogP contribution in [0, 0.1) is 6.92 Å². The van der Waals surface area contributed by atoms with E-state index in [1.165, 1.54) is 13.2 Å². The van der Waals surface area contributed by atoms with Gasteiger partial charge >= 0.3 is 5.63 Å². The van der Waals surface area contributed by atoms with Crippen molar-refractivity contribution in [2.24, 2.45) is 10.2 Å². The predicted octanol–water partition coefficient (Wildman–Crippen LogP) is 3.08. The van der Waals surface area contributed by atoms with Crippen molar-refractivity contribution in [3.63, 3.8) is 0 Å². The highest BCUT2D eigenvalue weighted by Gasteiger charge is 2.09. The van der Waals surface area contributed by atoms with Crippen LogP contribution in [0.3, 0.4) is 0 Å². The normalized spacial score (nSPS) is 10.8. The van der Waals surface area contributed by atoms with E-state index in [1.54, 1.807) is 31.2 Å². The molecular weight excluding hydrogens is 248 g/mol. The molecule has 0 spiro atoms. The van der Waals surface area contributed by atoms with E-state index in [-0.39, 0.29) is 11.4 Å². The molecule has 1 aromatic carbocycles. The van der Waals surface area contributed by atoms with Crippen molar-refractivity contribution in [1.29, 1.82) is 0 Å². The number of aryl methyl sites for hydroxylation is 1. The zero-order valence-corrected chi connectivity index (χ0v) is 10.5. The van der Waals surface area contributed by atoms with Crippen LogP contribution in [0.5, 0.6) is 11.5 Å². The molecule has 0 saturated heterocycles. The van der Waals surface area contributed by atoms with E-state index in [0.717, 1.165) is 0 Å². The Labute approximate surface area is 109 Å². The fraction of sp³-hybridized carbons (Fsp3) is 0.154. The zero-order valence-electron chi connectivity index (χ0n) is 10.5. The van der Waals surface area contributed by atoms with Crippen molar-refractivity contribution in [3.05, 3.63) is 46.5 Å². The number of benzene rings is 1. The van der Waals surface area contributed by atoms with Gasteiger partial charge in [0.1, 0.15) is 17.2 Å². The molecule has 0 aliphatic heterocycles. The van der Waals surface area contributed by atoms with Crippen LogP contribution in [-0.2, 0) is 0 Å². The fourth-order valence-corrected chi connectivity index (χ4v) is 1.50. The summed E-state index contributed by atoms with van der Waals surface area (Å²) in [5, 5.41) is 17.2. The number of para-hydroxylation sites is 1. The molecule has 0 saturated carbocycles. The Hall–Kier alpha value is -2.63. The molecule has 0 unspecified atom stereocenters. The maximum atomic E-state index is 11.5. The molecule has 98 valence electrons. The molecule has 0 fully saturated rings. The van der Waals surface area contributed by atoms with Crippen molar-refractivity contribution in [3.8, 4) is 11.5 Å². The van der Waals surface area contributed by atoms with E-state index >= 15 is 0 Å². The second-order valence-corrected chi connectivity index (χ2v) is 3.75. The number of hydrogen-bond acceptors (Lipinski definition) is 6. The number of rotatable bonds is 3. The van der Waals surface area contributed by atoms with E-state index in [2.05, 4.69) is 10.2 Å². The van der Waals surface area contributed by atoms with Gasteiger partial charge in [-0.15, -0.1) is 10.2 Å². The highest BCUT2D eigenvalue weighted by Crippen LogP contribution is 2.30. The molecule has 0 aliphatic rings. The first kappa shape index (κ1) is 12.8. The lowest BCUT2D eigenvalue weighted by Crippen LogP contribution is -1.98. The Morgan fingerprint density at radius 1 is 1.26 bits per heavy atom. The Balaban J connectivity index is 2.41. The fourth-order valence-electron chi connectivity index (χ4n) is 1.50. The Kier molecular flexibility index (Phi) is 3.61. The largest absolute Gasteiger partial charge is 0.505 e. The highest BCUT2D eigenvalue weighted by molar-refractivity contribution is 5.52.